The van der Waals surface area contributed by atoms with Crippen LogP contribution in [0.5, 0.6) is 5.75 Å². The number of amides is 3. The Morgan fingerprint density at radius 2 is 1.68 bits per heavy atom. The number of nitrogens with one attached hydrogen (secondary N) is 1. The Bertz CT molecular complexity index is 1200. The molecule has 0 saturated heterocycles. The molecule has 1 aliphatic rings. The maximum Gasteiger partial charge on any atom is 0.252 e. The summed E-state index contributed by atoms with van der Waals surface area (Å²) in [7, 11) is 0. The maximum absolute atomic E-state index is 13.5. The van der Waals surface area contributed by atoms with Crippen LogP contribution in [0.2, 0.25) is 0 Å². The Morgan fingerprint density at radius 3 is 2.35 bits per heavy atom. The Morgan fingerprint density at radius 1 is 1.03 bits per heavy atom. The summed E-state index contributed by atoms with van der Waals surface area (Å²) >= 11 is 0. The maximum atomic E-state index is 13.5. The van der Waals surface area contributed by atoms with Gasteiger partial charge in [-0.1, -0.05) is 54.6 Å². The molecule has 0 radical (unpaired) electrons. The minimum absolute atomic E-state index is 0.225. The van der Waals surface area contributed by atoms with Gasteiger partial charge in [0.25, 0.3) is 5.91 Å². The summed E-state index contributed by atoms with van der Waals surface area (Å²) in [4.78, 5) is 41.1. The lowest BCUT2D eigenvalue weighted by Crippen LogP contribution is -2.57. The second-order valence-corrected chi connectivity index (χ2v) is 8.07. The highest BCUT2D eigenvalue weighted by molar-refractivity contribution is 6.06. The van der Waals surface area contributed by atoms with E-state index in [-0.39, 0.29) is 6.42 Å². The fourth-order valence-corrected chi connectivity index (χ4v) is 3.86. The van der Waals surface area contributed by atoms with Crippen molar-refractivity contribution in [2.75, 3.05) is 5.32 Å². The van der Waals surface area contributed by atoms with Gasteiger partial charge < -0.3 is 15.8 Å². The first-order chi connectivity index (χ1) is 16.3. The molecule has 3 amide bonds. The molecule has 7 nitrogen and oxygen atoms in total. The van der Waals surface area contributed by atoms with Gasteiger partial charge in [-0.25, -0.2) is 4.39 Å². The van der Waals surface area contributed by atoms with E-state index in [0.717, 1.165) is 4.90 Å². The quantitative estimate of drug-likeness (QED) is 0.608. The van der Waals surface area contributed by atoms with Crippen molar-refractivity contribution in [3.05, 3.63) is 95.8 Å². The van der Waals surface area contributed by atoms with Gasteiger partial charge in [0.2, 0.25) is 11.8 Å². The summed E-state index contributed by atoms with van der Waals surface area (Å²) in [5, 5.41) is 2.77. The topological polar surface area (TPSA) is 102 Å². The Balaban J connectivity index is 1.79. The van der Waals surface area contributed by atoms with Crippen LogP contribution < -0.4 is 15.8 Å². The number of carbonyl (C=O) groups is 3. The van der Waals surface area contributed by atoms with E-state index in [2.05, 4.69) is 5.32 Å². The van der Waals surface area contributed by atoms with Crippen LogP contribution in [0.15, 0.2) is 78.9 Å². The van der Waals surface area contributed by atoms with Crippen molar-refractivity contribution in [3.8, 4) is 5.75 Å². The highest BCUT2D eigenvalue weighted by atomic mass is 19.1. The molecule has 0 aliphatic carbocycles. The van der Waals surface area contributed by atoms with Gasteiger partial charge >= 0.3 is 0 Å². The number of imide groups is 1. The molecular weight excluding hydrogens is 437 g/mol. The molecule has 0 saturated carbocycles. The van der Waals surface area contributed by atoms with Gasteiger partial charge in [-0.05, 0) is 42.3 Å². The third kappa shape index (κ3) is 4.82. The number of rotatable bonds is 5. The Labute approximate surface area is 196 Å². The number of fused-ring (bicyclic) bond motifs is 1. The van der Waals surface area contributed by atoms with Crippen molar-refractivity contribution in [2.24, 2.45) is 5.73 Å². The van der Waals surface area contributed by atoms with E-state index in [1.54, 1.807) is 48.5 Å². The first kappa shape index (κ1) is 23.1. The summed E-state index contributed by atoms with van der Waals surface area (Å²) in [6.45, 7) is 1.45. The van der Waals surface area contributed by atoms with Gasteiger partial charge in [0.15, 0.2) is 12.1 Å². The number of benzene rings is 3. The van der Waals surface area contributed by atoms with E-state index in [0.29, 0.717) is 22.6 Å². The SMILES string of the molecule is C[C@H](N)C(=O)N(C(=O)Cc1ccc(F)cc1)[C@@H]1C(=O)Nc2ccccc2O[C@@H]1c1ccccc1. The number of hydrogen-bond donors (Lipinski definition) is 2. The monoisotopic (exact) mass is 461 g/mol. The van der Waals surface area contributed by atoms with Crippen molar-refractivity contribution in [1.82, 2.24) is 4.90 Å². The van der Waals surface area contributed by atoms with Crippen molar-refractivity contribution < 1.29 is 23.5 Å². The lowest BCUT2D eigenvalue weighted by Gasteiger charge is -2.34. The van der Waals surface area contributed by atoms with Crippen molar-refractivity contribution in [2.45, 2.75) is 31.5 Å². The van der Waals surface area contributed by atoms with Crippen LogP contribution in [-0.2, 0) is 20.8 Å². The number of para-hydroxylation sites is 2. The fraction of sp³-hybridized carbons (Fsp3) is 0.192. The predicted octanol–water partition coefficient (Wildman–Crippen LogP) is 3.21. The highest BCUT2D eigenvalue weighted by Gasteiger charge is 2.44. The fourth-order valence-electron chi connectivity index (χ4n) is 3.86. The molecule has 174 valence electrons. The number of carbonyl (C=O) groups excluding carboxylic acids is 3. The number of ether oxygens (including phenoxy) is 1. The second kappa shape index (κ2) is 9.84. The lowest BCUT2D eigenvalue weighted by molar-refractivity contribution is -0.154. The average Bonchev–Trinajstić information content (AvgIpc) is 2.97. The van der Waals surface area contributed by atoms with Crippen molar-refractivity contribution in [3.63, 3.8) is 0 Å². The van der Waals surface area contributed by atoms with Crippen LogP contribution >= 0.6 is 0 Å². The Kier molecular flexibility index (Phi) is 6.70. The zero-order chi connectivity index (χ0) is 24.2. The zero-order valence-corrected chi connectivity index (χ0v) is 18.5. The van der Waals surface area contributed by atoms with Crippen LogP contribution in [0.3, 0.4) is 0 Å². The molecule has 0 bridgehead atoms. The minimum Gasteiger partial charge on any atom is -0.481 e. The molecule has 3 aromatic rings. The van der Waals surface area contributed by atoms with Gasteiger partial charge in [-0.15, -0.1) is 0 Å². The predicted molar refractivity (Wildman–Crippen MR) is 124 cm³/mol. The van der Waals surface area contributed by atoms with Crippen LogP contribution in [0.25, 0.3) is 0 Å². The standard InChI is InChI=1S/C26H24FN3O4/c1-16(28)26(33)30(22(31)15-17-11-13-19(27)14-12-17)23-24(18-7-3-2-4-8-18)34-21-10-6-5-9-20(21)29-25(23)32/h2-14,16,23-24H,15,28H2,1H3,(H,29,32)/t16-,23-,24+/m0/s1. The van der Waals surface area contributed by atoms with Gasteiger partial charge in [-0.3, -0.25) is 19.3 Å². The molecule has 34 heavy (non-hydrogen) atoms. The zero-order valence-electron chi connectivity index (χ0n) is 18.5. The summed E-state index contributed by atoms with van der Waals surface area (Å²) in [6, 6.07) is 18.8. The number of hydrogen-bond acceptors (Lipinski definition) is 5. The van der Waals surface area contributed by atoms with E-state index >= 15 is 0 Å². The molecule has 0 fully saturated rings. The van der Waals surface area contributed by atoms with E-state index in [1.807, 2.05) is 6.07 Å². The molecular formula is C26H24FN3O4. The number of nitrogens with zero attached hydrogens (tertiary/aromatic N) is 1. The highest BCUT2D eigenvalue weighted by Crippen LogP contribution is 2.36. The number of halogens is 1. The van der Waals surface area contributed by atoms with Gasteiger partial charge in [-0.2, -0.15) is 0 Å². The number of nitrogens with two attached hydrogens (primary N) is 1. The van der Waals surface area contributed by atoms with Gasteiger partial charge in [0, 0.05) is 0 Å². The van der Waals surface area contributed by atoms with Gasteiger partial charge in [0.05, 0.1) is 18.2 Å². The summed E-state index contributed by atoms with van der Waals surface area (Å²) in [5.41, 5.74) is 7.40. The third-order valence-corrected chi connectivity index (χ3v) is 5.52. The van der Waals surface area contributed by atoms with E-state index < -0.39 is 41.7 Å². The van der Waals surface area contributed by atoms with Crippen molar-refractivity contribution in [1.29, 1.82) is 0 Å². The Hall–Kier alpha value is -4.04. The summed E-state index contributed by atoms with van der Waals surface area (Å²) in [5.74, 6) is -1.99. The van der Waals surface area contributed by atoms with Gasteiger partial charge in [0.1, 0.15) is 11.6 Å². The summed E-state index contributed by atoms with van der Waals surface area (Å²) < 4.78 is 19.6. The molecule has 0 aromatic heterocycles. The molecule has 1 heterocycles. The molecule has 1 aliphatic heterocycles. The van der Waals surface area contributed by atoms with E-state index in [9.17, 15) is 18.8 Å². The minimum atomic E-state index is -1.33. The molecule has 3 N–H and O–H groups in total. The molecule has 0 spiro atoms. The summed E-state index contributed by atoms with van der Waals surface area (Å²) in [6.07, 6.45) is -1.21. The molecule has 8 heteroatoms. The van der Waals surface area contributed by atoms with Crippen LogP contribution in [-0.4, -0.2) is 34.7 Å². The number of anilines is 1. The van der Waals surface area contributed by atoms with E-state index in [4.69, 9.17) is 10.5 Å². The third-order valence-electron chi connectivity index (χ3n) is 5.52. The second-order valence-electron chi connectivity index (χ2n) is 8.07. The molecule has 3 atom stereocenters. The molecule has 0 unspecified atom stereocenters. The van der Waals surface area contributed by atoms with Crippen LogP contribution in [0.4, 0.5) is 10.1 Å². The normalized spacial score (nSPS) is 18.0. The van der Waals surface area contributed by atoms with Crippen LogP contribution in [0, 0.1) is 5.82 Å². The largest absolute Gasteiger partial charge is 0.481 e. The first-order valence-electron chi connectivity index (χ1n) is 10.8. The van der Waals surface area contributed by atoms with Crippen molar-refractivity contribution >= 4 is 23.4 Å². The lowest BCUT2D eigenvalue weighted by atomic mass is 9.98. The average molecular weight is 461 g/mol. The van der Waals surface area contributed by atoms with Crippen LogP contribution in [0.1, 0.15) is 24.2 Å². The molecule has 4 rings (SSSR count). The first-order valence-corrected chi connectivity index (χ1v) is 10.8. The van der Waals surface area contributed by atoms with E-state index in [1.165, 1.54) is 31.2 Å². The molecule has 3 aromatic carbocycles. The smallest absolute Gasteiger partial charge is 0.252 e.